The molecule has 1 aliphatic heterocycles. The summed E-state index contributed by atoms with van der Waals surface area (Å²) in [6.07, 6.45) is 0. The normalized spacial score (nSPS) is 14.8. The molecular weight excluding hydrogens is 416 g/mol. The summed E-state index contributed by atoms with van der Waals surface area (Å²) in [5, 5.41) is -0.0255. The van der Waals surface area contributed by atoms with Crippen LogP contribution < -0.4 is 4.90 Å². The summed E-state index contributed by atoms with van der Waals surface area (Å²) >= 11 is 6.14. The second kappa shape index (κ2) is 9.13. The SMILES string of the molecule is COC(=O)c1ccc(S(=O)(=O)N(C)Cc2ccc(N3CCOCC3)cc2)c(Cl)c1. The van der Waals surface area contributed by atoms with Gasteiger partial charge in [0.15, 0.2) is 0 Å². The Kier molecular flexibility index (Phi) is 6.79. The molecule has 1 heterocycles. The highest BCUT2D eigenvalue weighted by Crippen LogP contribution is 2.27. The van der Waals surface area contributed by atoms with Crippen molar-refractivity contribution in [3.05, 3.63) is 58.6 Å². The molecule has 0 bridgehead atoms. The van der Waals surface area contributed by atoms with E-state index >= 15 is 0 Å². The molecule has 0 aromatic heterocycles. The van der Waals surface area contributed by atoms with Gasteiger partial charge >= 0.3 is 5.97 Å². The number of carbonyl (C=O) groups is 1. The number of methoxy groups -OCH3 is 1. The fourth-order valence-electron chi connectivity index (χ4n) is 3.10. The molecule has 3 rings (SSSR count). The van der Waals surface area contributed by atoms with Crippen LogP contribution in [0.2, 0.25) is 5.02 Å². The standard InChI is InChI=1S/C20H23ClN2O5S/c1-22(14-15-3-6-17(7-4-15)23-9-11-28-12-10-23)29(25,26)19-8-5-16(13-18(19)21)20(24)27-2/h3-8,13H,9-12,14H2,1-2H3. The zero-order valence-electron chi connectivity index (χ0n) is 16.3. The maximum atomic E-state index is 12.9. The fraction of sp³-hybridized carbons (Fsp3) is 0.350. The van der Waals surface area contributed by atoms with Gasteiger partial charge in [0.05, 0.1) is 30.9 Å². The highest BCUT2D eigenvalue weighted by atomic mass is 35.5. The lowest BCUT2D eigenvalue weighted by atomic mass is 10.2. The zero-order chi connectivity index (χ0) is 21.0. The fourth-order valence-corrected chi connectivity index (χ4v) is 4.77. The minimum atomic E-state index is -3.83. The predicted octanol–water partition coefficient (Wildman–Crippen LogP) is 2.78. The van der Waals surface area contributed by atoms with Crippen molar-refractivity contribution in [2.75, 3.05) is 45.4 Å². The van der Waals surface area contributed by atoms with Gasteiger partial charge in [-0.2, -0.15) is 4.31 Å². The maximum Gasteiger partial charge on any atom is 0.337 e. The zero-order valence-corrected chi connectivity index (χ0v) is 17.9. The number of ether oxygens (including phenoxy) is 2. The average Bonchev–Trinajstić information content (AvgIpc) is 2.74. The molecule has 0 amide bonds. The number of rotatable bonds is 6. The van der Waals surface area contributed by atoms with Crippen molar-refractivity contribution in [3.8, 4) is 0 Å². The number of esters is 1. The Hall–Kier alpha value is -2.13. The van der Waals surface area contributed by atoms with Gasteiger partial charge in [-0.1, -0.05) is 23.7 Å². The van der Waals surface area contributed by atoms with E-state index in [2.05, 4.69) is 9.64 Å². The summed E-state index contributed by atoms with van der Waals surface area (Å²) in [7, 11) is -1.08. The van der Waals surface area contributed by atoms with Gasteiger partial charge in [0.25, 0.3) is 0 Å². The number of sulfonamides is 1. The van der Waals surface area contributed by atoms with Crippen LogP contribution >= 0.6 is 11.6 Å². The molecule has 0 atom stereocenters. The first kappa shape index (κ1) is 21.6. The lowest BCUT2D eigenvalue weighted by molar-refractivity contribution is 0.0600. The van der Waals surface area contributed by atoms with Crippen LogP contribution in [0.25, 0.3) is 0 Å². The third kappa shape index (κ3) is 4.90. The number of hydrogen-bond acceptors (Lipinski definition) is 6. The molecule has 0 saturated carbocycles. The molecule has 7 nitrogen and oxygen atoms in total. The molecule has 0 spiro atoms. The maximum absolute atomic E-state index is 12.9. The molecule has 1 saturated heterocycles. The van der Waals surface area contributed by atoms with E-state index in [9.17, 15) is 13.2 Å². The Bertz CT molecular complexity index is 973. The van der Waals surface area contributed by atoms with Crippen molar-refractivity contribution >= 4 is 33.3 Å². The minimum Gasteiger partial charge on any atom is -0.465 e. The van der Waals surface area contributed by atoms with Crippen molar-refractivity contribution in [2.24, 2.45) is 0 Å². The Labute approximate surface area is 175 Å². The van der Waals surface area contributed by atoms with Gasteiger partial charge in [0, 0.05) is 32.4 Å². The average molecular weight is 439 g/mol. The van der Waals surface area contributed by atoms with Gasteiger partial charge in [-0.3, -0.25) is 0 Å². The van der Waals surface area contributed by atoms with Gasteiger partial charge in [-0.25, -0.2) is 13.2 Å². The van der Waals surface area contributed by atoms with Crippen molar-refractivity contribution in [3.63, 3.8) is 0 Å². The smallest absolute Gasteiger partial charge is 0.337 e. The number of hydrogen-bond donors (Lipinski definition) is 0. The highest BCUT2D eigenvalue weighted by Gasteiger charge is 2.25. The van der Waals surface area contributed by atoms with E-state index in [1.54, 1.807) is 0 Å². The minimum absolute atomic E-state index is 0.0255. The topological polar surface area (TPSA) is 76.2 Å². The van der Waals surface area contributed by atoms with Crippen LogP contribution in [0.5, 0.6) is 0 Å². The van der Waals surface area contributed by atoms with Crippen LogP contribution in [-0.4, -0.2) is 59.2 Å². The summed E-state index contributed by atoms with van der Waals surface area (Å²) in [6, 6.07) is 11.8. The van der Waals surface area contributed by atoms with Gasteiger partial charge in [0.2, 0.25) is 10.0 Å². The third-order valence-electron chi connectivity index (χ3n) is 4.76. The van der Waals surface area contributed by atoms with E-state index in [-0.39, 0.29) is 22.0 Å². The van der Waals surface area contributed by atoms with Gasteiger partial charge in [-0.15, -0.1) is 0 Å². The summed E-state index contributed by atoms with van der Waals surface area (Å²) in [5.41, 5.74) is 2.14. The van der Waals surface area contributed by atoms with Gasteiger partial charge in [-0.05, 0) is 35.9 Å². The second-order valence-electron chi connectivity index (χ2n) is 6.66. The molecule has 1 fully saturated rings. The number of carbonyl (C=O) groups excluding carboxylic acids is 1. The van der Waals surface area contributed by atoms with Crippen molar-refractivity contribution in [1.82, 2.24) is 4.31 Å². The molecular formula is C20H23ClN2O5S. The van der Waals surface area contributed by atoms with Crippen molar-refractivity contribution in [1.29, 1.82) is 0 Å². The number of nitrogens with zero attached hydrogens (tertiary/aromatic N) is 2. The molecule has 29 heavy (non-hydrogen) atoms. The lowest BCUT2D eigenvalue weighted by Gasteiger charge is -2.29. The Balaban J connectivity index is 1.74. The van der Waals surface area contributed by atoms with Crippen molar-refractivity contribution in [2.45, 2.75) is 11.4 Å². The molecule has 2 aromatic rings. The first-order chi connectivity index (χ1) is 13.8. The third-order valence-corrected chi connectivity index (χ3v) is 7.05. The van der Waals surface area contributed by atoms with E-state index in [1.807, 2.05) is 24.3 Å². The van der Waals surface area contributed by atoms with E-state index in [0.29, 0.717) is 13.2 Å². The summed E-state index contributed by atoms with van der Waals surface area (Å²) in [4.78, 5) is 13.8. The van der Waals surface area contributed by atoms with E-state index in [0.717, 1.165) is 24.3 Å². The summed E-state index contributed by atoms with van der Waals surface area (Å²) in [5.74, 6) is -0.579. The van der Waals surface area contributed by atoms with Crippen LogP contribution in [0.1, 0.15) is 15.9 Å². The Morgan fingerprint density at radius 1 is 1.17 bits per heavy atom. The molecule has 2 aromatic carbocycles. The van der Waals surface area contributed by atoms with E-state index in [4.69, 9.17) is 16.3 Å². The predicted molar refractivity (Wildman–Crippen MR) is 111 cm³/mol. The number of morpholine rings is 1. The number of halogens is 1. The van der Waals surface area contributed by atoms with Crippen LogP contribution in [0.4, 0.5) is 5.69 Å². The molecule has 0 aliphatic carbocycles. The quantitative estimate of drug-likeness (QED) is 0.645. The van der Waals surface area contributed by atoms with Crippen LogP contribution in [0.15, 0.2) is 47.4 Å². The van der Waals surface area contributed by atoms with E-state index < -0.39 is 16.0 Å². The summed E-state index contributed by atoms with van der Waals surface area (Å²) in [6.45, 7) is 3.29. The summed E-state index contributed by atoms with van der Waals surface area (Å²) < 4.78 is 37.1. The molecule has 156 valence electrons. The van der Waals surface area contributed by atoms with E-state index in [1.165, 1.54) is 36.7 Å². The molecule has 0 unspecified atom stereocenters. The first-order valence-electron chi connectivity index (χ1n) is 9.09. The number of anilines is 1. The molecule has 0 N–H and O–H groups in total. The molecule has 9 heteroatoms. The lowest BCUT2D eigenvalue weighted by Crippen LogP contribution is -2.36. The first-order valence-corrected chi connectivity index (χ1v) is 10.9. The van der Waals surface area contributed by atoms with Crippen LogP contribution in [0.3, 0.4) is 0 Å². The molecule has 1 aliphatic rings. The second-order valence-corrected chi connectivity index (χ2v) is 9.08. The van der Waals surface area contributed by atoms with Crippen molar-refractivity contribution < 1.29 is 22.7 Å². The van der Waals surface area contributed by atoms with Gasteiger partial charge in [0.1, 0.15) is 4.90 Å². The number of benzene rings is 2. The van der Waals surface area contributed by atoms with Crippen LogP contribution in [-0.2, 0) is 26.0 Å². The highest BCUT2D eigenvalue weighted by molar-refractivity contribution is 7.89. The van der Waals surface area contributed by atoms with Crippen LogP contribution in [0, 0.1) is 0 Å². The van der Waals surface area contributed by atoms with Gasteiger partial charge < -0.3 is 14.4 Å². The Morgan fingerprint density at radius 3 is 2.41 bits per heavy atom. The monoisotopic (exact) mass is 438 g/mol. The largest absolute Gasteiger partial charge is 0.465 e. The Morgan fingerprint density at radius 2 is 1.83 bits per heavy atom. The molecule has 0 radical (unpaired) electrons.